The van der Waals surface area contributed by atoms with Gasteiger partial charge >= 0.3 is 0 Å². The van der Waals surface area contributed by atoms with Crippen LogP contribution in [-0.4, -0.2) is 38.7 Å². The molecular formula is C23H21F2N3O4S. The summed E-state index contributed by atoms with van der Waals surface area (Å²) in [6.07, 6.45) is 0. The van der Waals surface area contributed by atoms with Gasteiger partial charge in [0.15, 0.2) is 11.6 Å². The summed E-state index contributed by atoms with van der Waals surface area (Å²) >= 11 is 0. The molecule has 2 amide bonds. The Morgan fingerprint density at radius 1 is 0.879 bits per heavy atom. The van der Waals surface area contributed by atoms with Crippen LogP contribution in [0.5, 0.6) is 0 Å². The average molecular weight is 474 g/mol. The van der Waals surface area contributed by atoms with Crippen molar-refractivity contribution < 1.29 is 26.8 Å². The van der Waals surface area contributed by atoms with E-state index in [0.717, 1.165) is 17.7 Å². The van der Waals surface area contributed by atoms with E-state index in [0.29, 0.717) is 11.8 Å². The monoisotopic (exact) mass is 473 g/mol. The third-order valence-electron chi connectivity index (χ3n) is 4.65. The molecule has 33 heavy (non-hydrogen) atoms. The van der Waals surface area contributed by atoms with Crippen molar-refractivity contribution in [3.8, 4) is 0 Å². The Morgan fingerprint density at radius 2 is 1.48 bits per heavy atom. The Labute approximate surface area is 190 Å². The molecule has 0 aliphatic carbocycles. The van der Waals surface area contributed by atoms with E-state index >= 15 is 0 Å². The van der Waals surface area contributed by atoms with Gasteiger partial charge in [0.05, 0.1) is 11.4 Å². The van der Waals surface area contributed by atoms with E-state index < -0.39 is 32.5 Å². The predicted octanol–water partition coefficient (Wildman–Crippen LogP) is 3.78. The summed E-state index contributed by atoms with van der Waals surface area (Å²) in [6.45, 7) is 1.74. The zero-order chi connectivity index (χ0) is 24.2. The van der Waals surface area contributed by atoms with Gasteiger partial charge < -0.3 is 10.2 Å². The number of hydrogen-bond acceptors (Lipinski definition) is 4. The van der Waals surface area contributed by atoms with Gasteiger partial charge in [-0.05, 0) is 61.5 Å². The summed E-state index contributed by atoms with van der Waals surface area (Å²) < 4.78 is 53.4. The Balaban J connectivity index is 1.62. The van der Waals surface area contributed by atoms with Crippen LogP contribution in [0.4, 0.5) is 20.2 Å². The number of nitrogens with zero attached hydrogens (tertiary/aromatic N) is 1. The zero-order valence-electron chi connectivity index (χ0n) is 17.8. The molecule has 0 saturated carbocycles. The van der Waals surface area contributed by atoms with Crippen LogP contribution in [0, 0.1) is 18.6 Å². The van der Waals surface area contributed by atoms with Gasteiger partial charge in [0, 0.05) is 24.0 Å². The first-order chi connectivity index (χ1) is 15.5. The van der Waals surface area contributed by atoms with E-state index in [2.05, 4.69) is 10.0 Å². The van der Waals surface area contributed by atoms with E-state index in [1.54, 1.807) is 12.1 Å². The highest BCUT2D eigenvalue weighted by molar-refractivity contribution is 7.92. The van der Waals surface area contributed by atoms with Crippen LogP contribution in [0.3, 0.4) is 0 Å². The Morgan fingerprint density at radius 3 is 2.09 bits per heavy atom. The van der Waals surface area contributed by atoms with Crippen LogP contribution in [0.1, 0.15) is 15.9 Å². The topological polar surface area (TPSA) is 95.6 Å². The molecule has 2 N–H and O–H groups in total. The van der Waals surface area contributed by atoms with Crippen LogP contribution in [0.2, 0.25) is 0 Å². The molecule has 3 aromatic rings. The Kier molecular flexibility index (Phi) is 7.07. The number of benzene rings is 3. The number of rotatable bonds is 7. The first-order valence-corrected chi connectivity index (χ1v) is 11.2. The summed E-state index contributed by atoms with van der Waals surface area (Å²) in [6, 6.07) is 14.9. The van der Waals surface area contributed by atoms with Crippen molar-refractivity contribution in [2.24, 2.45) is 0 Å². The molecule has 3 rings (SSSR count). The maximum Gasteiger partial charge on any atom is 0.261 e. The summed E-state index contributed by atoms with van der Waals surface area (Å²) in [7, 11) is -2.69. The van der Waals surface area contributed by atoms with Gasteiger partial charge in [-0.2, -0.15) is 0 Å². The normalized spacial score (nSPS) is 11.0. The van der Waals surface area contributed by atoms with Crippen LogP contribution in [-0.2, 0) is 14.8 Å². The second-order valence-corrected chi connectivity index (χ2v) is 9.02. The van der Waals surface area contributed by atoms with E-state index in [4.69, 9.17) is 0 Å². The lowest BCUT2D eigenvalue weighted by atomic mass is 10.2. The molecule has 0 aliphatic heterocycles. The maximum absolute atomic E-state index is 13.4. The number of sulfonamides is 1. The minimum Gasteiger partial charge on any atom is -0.332 e. The molecule has 7 nitrogen and oxygen atoms in total. The van der Waals surface area contributed by atoms with Crippen LogP contribution in [0.25, 0.3) is 0 Å². The predicted molar refractivity (Wildman–Crippen MR) is 120 cm³/mol. The Hall–Kier alpha value is -3.79. The highest BCUT2D eigenvalue weighted by Gasteiger charge is 2.18. The molecule has 172 valence electrons. The quantitative estimate of drug-likeness (QED) is 0.546. The van der Waals surface area contributed by atoms with Gasteiger partial charge in [-0.15, -0.1) is 0 Å². The number of nitrogens with one attached hydrogen (secondary N) is 2. The van der Waals surface area contributed by atoms with Gasteiger partial charge in [-0.25, -0.2) is 17.2 Å². The lowest BCUT2D eigenvalue weighted by Crippen LogP contribution is -2.34. The average Bonchev–Trinajstić information content (AvgIpc) is 2.77. The number of carbonyl (C=O) groups is 2. The fourth-order valence-electron chi connectivity index (χ4n) is 2.88. The first kappa shape index (κ1) is 23.9. The molecule has 0 aromatic heterocycles. The standard InChI is InChI=1S/C23H21F2N3O4S/c1-15-3-7-17(8-4-15)26-22(29)14-28(2)23(30)16-5-9-18(10-6-16)27-33(31,32)19-11-12-20(24)21(25)13-19/h3-13,27H,14H2,1-2H3,(H,26,29). The maximum atomic E-state index is 13.4. The molecule has 0 fully saturated rings. The molecular weight excluding hydrogens is 452 g/mol. The molecule has 0 atom stereocenters. The lowest BCUT2D eigenvalue weighted by Gasteiger charge is -2.17. The molecule has 0 heterocycles. The third kappa shape index (κ3) is 6.13. The van der Waals surface area contributed by atoms with Gasteiger partial charge in [-0.1, -0.05) is 17.7 Å². The SMILES string of the molecule is Cc1ccc(NC(=O)CN(C)C(=O)c2ccc(NS(=O)(=O)c3ccc(F)c(F)c3)cc2)cc1. The van der Waals surface area contributed by atoms with Crippen LogP contribution in [0.15, 0.2) is 71.6 Å². The number of hydrogen-bond donors (Lipinski definition) is 2. The number of amides is 2. The van der Waals surface area contributed by atoms with E-state index in [1.807, 2.05) is 19.1 Å². The van der Waals surface area contributed by atoms with Crippen molar-refractivity contribution in [3.63, 3.8) is 0 Å². The van der Waals surface area contributed by atoms with Gasteiger partial charge in [0.25, 0.3) is 15.9 Å². The number of aryl methyl sites for hydroxylation is 1. The van der Waals surface area contributed by atoms with Crippen LogP contribution >= 0.6 is 0 Å². The van der Waals surface area contributed by atoms with Gasteiger partial charge in [-0.3, -0.25) is 14.3 Å². The lowest BCUT2D eigenvalue weighted by molar-refractivity contribution is -0.116. The molecule has 3 aromatic carbocycles. The summed E-state index contributed by atoms with van der Waals surface area (Å²) in [5.74, 6) is -3.25. The summed E-state index contributed by atoms with van der Waals surface area (Å²) in [5.41, 5.74) is 2.02. The zero-order valence-corrected chi connectivity index (χ0v) is 18.6. The smallest absolute Gasteiger partial charge is 0.261 e. The summed E-state index contributed by atoms with van der Waals surface area (Å²) in [5, 5.41) is 2.70. The fourth-order valence-corrected chi connectivity index (χ4v) is 3.95. The van der Waals surface area contributed by atoms with Crippen molar-refractivity contribution in [1.29, 1.82) is 0 Å². The number of likely N-dealkylation sites (N-methyl/N-ethyl adjacent to an activating group) is 1. The number of carbonyl (C=O) groups excluding carboxylic acids is 2. The van der Waals surface area contributed by atoms with E-state index in [9.17, 15) is 26.8 Å². The molecule has 10 heteroatoms. The fraction of sp³-hybridized carbons (Fsp3) is 0.130. The first-order valence-electron chi connectivity index (χ1n) is 9.75. The largest absolute Gasteiger partial charge is 0.332 e. The van der Waals surface area contributed by atoms with Crippen molar-refractivity contribution >= 4 is 33.2 Å². The van der Waals surface area contributed by atoms with Crippen molar-refractivity contribution in [3.05, 3.63) is 89.5 Å². The van der Waals surface area contributed by atoms with Crippen molar-refractivity contribution in [2.45, 2.75) is 11.8 Å². The van der Waals surface area contributed by atoms with Gasteiger partial charge in [0.1, 0.15) is 0 Å². The van der Waals surface area contributed by atoms with Crippen LogP contribution < -0.4 is 10.0 Å². The van der Waals surface area contributed by atoms with Crippen molar-refractivity contribution in [1.82, 2.24) is 4.90 Å². The minimum absolute atomic E-state index is 0.121. The second kappa shape index (κ2) is 9.78. The molecule has 0 radical (unpaired) electrons. The number of halogens is 2. The summed E-state index contributed by atoms with van der Waals surface area (Å²) in [4.78, 5) is 25.6. The highest BCUT2D eigenvalue weighted by Crippen LogP contribution is 2.19. The third-order valence-corrected chi connectivity index (χ3v) is 6.03. The molecule has 0 unspecified atom stereocenters. The molecule has 0 saturated heterocycles. The minimum atomic E-state index is -4.16. The van der Waals surface area contributed by atoms with E-state index in [-0.39, 0.29) is 23.7 Å². The van der Waals surface area contributed by atoms with Gasteiger partial charge in [0.2, 0.25) is 5.91 Å². The Bertz CT molecular complexity index is 1280. The molecule has 0 aliphatic rings. The second-order valence-electron chi connectivity index (χ2n) is 7.33. The number of anilines is 2. The molecule has 0 spiro atoms. The highest BCUT2D eigenvalue weighted by atomic mass is 32.2. The molecule has 0 bridgehead atoms. The van der Waals surface area contributed by atoms with Crippen molar-refractivity contribution in [2.75, 3.05) is 23.6 Å². The van der Waals surface area contributed by atoms with E-state index in [1.165, 1.54) is 36.2 Å².